The van der Waals surface area contributed by atoms with Gasteiger partial charge in [-0.1, -0.05) is 6.07 Å². The molecule has 0 unspecified atom stereocenters. The summed E-state index contributed by atoms with van der Waals surface area (Å²) < 4.78 is 123. The molecule has 0 amide bonds. The zero-order chi connectivity index (χ0) is 18.3. The minimum atomic E-state index is -6.21. The first-order chi connectivity index (χ1) is 10.1. The van der Waals surface area contributed by atoms with Gasteiger partial charge in [0.05, 0.1) is 5.75 Å². The van der Waals surface area contributed by atoms with Crippen LogP contribution in [0.4, 0.5) is 26.3 Å². The first-order valence-electron chi connectivity index (χ1n) is 4.80. The Hall–Kier alpha value is -0.354. The normalized spacial score (nSPS) is 12.6. The van der Waals surface area contributed by atoms with Crippen molar-refractivity contribution in [2.24, 2.45) is 0 Å². The van der Waals surface area contributed by atoms with Gasteiger partial charge in [-0.05, 0) is 5.02 Å². The van der Waals surface area contributed by atoms with Crippen molar-refractivity contribution < 1.29 is 64.0 Å². The van der Waals surface area contributed by atoms with Crippen molar-refractivity contribution >= 4 is 54.9 Å². The van der Waals surface area contributed by atoms with E-state index < -0.39 is 47.8 Å². The average molecular weight is 467 g/mol. The minimum Gasteiger partial charge on any atom is -1.00 e. The Morgan fingerprint density at radius 2 is 1.28 bits per heavy atom. The predicted molar refractivity (Wildman–Crippen MR) is 67.2 cm³/mol. The topological polar surface area (TPSA) is 86.7 Å². The van der Waals surface area contributed by atoms with Crippen molar-refractivity contribution in [2.75, 3.05) is 0 Å². The molecule has 0 heterocycles. The minimum absolute atomic E-state index is 0. The third-order valence-electron chi connectivity index (χ3n) is 1.79. The van der Waals surface area contributed by atoms with E-state index in [9.17, 15) is 43.2 Å². The van der Waals surface area contributed by atoms with E-state index in [0.29, 0.717) is 12.1 Å². The molecule has 0 bridgehead atoms. The van der Waals surface area contributed by atoms with Crippen LogP contribution in [0.2, 0.25) is 5.02 Å². The summed E-state index contributed by atoms with van der Waals surface area (Å²) in [7, 11) is -12.4. The third-order valence-corrected chi connectivity index (χ3v) is 4.01. The standard InChI is InChI=1S/C8H2ClF6O6S2.ClH.Mg/c9-5-2-1-4(20-22(16,17)7(10,11)12)3-6(5)21-23(18,19)8(13,14)15;;/h1-2H;1H;/q-1;;+2/p-1. The number of hydrogen-bond donors (Lipinski definition) is 0. The Kier molecular flexibility index (Phi) is 9.20. The van der Waals surface area contributed by atoms with Crippen molar-refractivity contribution in [1.29, 1.82) is 0 Å². The molecule has 0 aliphatic rings. The number of hydrogen-bond acceptors (Lipinski definition) is 6. The maximum absolute atomic E-state index is 12.1. The molecule has 0 spiro atoms. The van der Waals surface area contributed by atoms with Crippen LogP contribution < -0.4 is 20.8 Å². The van der Waals surface area contributed by atoms with Gasteiger partial charge in [0.25, 0.3) is 0 Å². The molecule has 0 aromatic heterocycles. The van der Waals surface area contributed by atoms with Crippen LogP contribution in [0.25, 0.3) is 0 Å². The summed E-state index contributed by atoms with van der Waals surface area (Å²) in [6.07, 6.45) is 0. The van der Waals surface area contributed by atoms with Crippen LogP contribution in [-0.4, -0.2) is 50.9 Å². The van der Waals surface area contributed by atoms with Crippen molar-refractivity contribution in [2.45, 2.75) is 11.0 Å². The van der Waals surface area contributed by atoms with E-state index in [1.807, 2.05) is 0 Å². The second kappa shape index (κ2) is 8.56. The zero-order valence-corrected chi connectivity index (χ0v) is 15.7. The van der Waals surface area contributed by atoms with Crippen LogP contribution in [0, 0.1) is 6.07 Å². The van der Waals surface area contributed by atoms with Gasteiger partial charge in [0, 0.05) is 5.75 Å². The monoisotopic (exact) mass is 466 g/mol. The van der Waals surface area contributed by atoms with Crippen LogP contribution in [0.3, 0.4) is 0 Å². The van der Waals surface area contributed by atoms with E-state index in [1.165, 1.54) is 6.07 Å². The van der Waals surface area contributed by atoms with E-state index in [2.05, 4.69) is 8.37 Å². The van der Waals surface area contributed by atoms with Crippen molar-refractivity contribution in [1.82, 2.24) is 0 Å². The van der Waals surface area contributed by atoms with E-state index in [4.69, 9.17) is 11.6 Å². The molecular weight excluding hydrogens is 465 g/mol. The largest absolute Gasteiger partial charge is 2.00 e. The zero-order valence-electron chi connectivity index (χ0n) is 11.2. The Bertz CT molecular complexity index is 807. The van der Waals surface area contributed by atoms with Gasteiger partial charge in [0.1, 0.15) is 0 Å². The molecule has 0 saturated heterocycles. The molecule has 0 N–H and O–H groups in total. The molecule has 17 heteroatoms. The Balaban J connectivity index is 0. The molecule has 0 saturated carbocycles. The molecular formula is C8H2Cl2F6MgO6S2. The van der Waals surface area contributed by atoms with Crippen molar-refractivity contribution in [3.63, 3.8) is 0 Å². The second-order valence-corrected chi connectivity index (χ2v) is 6.95. The second-order valence-electron chi connectivity index (χ2n) is 3.47. The van der Waals surface area contributed by atoms with Gasteiger partial charge >= 0.3 is 54.3 Å². The predicted octanol–water partition coefficient (Wildman–Crippen LogP) is -0.780. The fraction of sp³-hybridized carbons (Fsp3) is 0.250. The van der Waals surface area contributed by atoms with Gasteiger partial charge in [-0.2, -0.15) is 54.8 Å². The number of benzene rings is 1. The maximum Gasteiger partial charge on any atom is 2.00 e. The summed E-state index contributed by atoms with van der Waals surface area (Å²) in [5.41, 5.74) is -11.7. The summed E-state index contributed by atoms with van der Waals surface area (Å²) in [6, 6.07) is 2.46. The Morgan fingerprint density at radius 1 is 0.880 bits per heavy atom. The maximum atomic E-state index is 12.1. The fourth-order valence-corrected chi connectivity index (χ4v) is 1.94. The van der Waals surface area contributed by atoms with Crippen LogP contribution >= 0.6 is 11.6 Å². The molecule has 0 radical (unpaired) electrons. The number of alkyl halides is 6. The third kappa shape index (κ3) is 6.71. The van der Waals surface area contributed by atoms with Crippen LogP contribution in [0.5, 0.6) is 11.5 Å². The molecule has 0 aliphatic carbocycles. The van der Waals surface area contributed by atoms with Gasteiger partial charge in [-0.15, -0.1) is 12.1 Å². The molecule has 0 atom stereocenters. The summed E-state index contributed by atoms with van der Waals surface area (Å²) in [5.74, 6) is -2.70. The Labute approximate surface area is 164 Å². The average Bonchev–Trinajstić information content (AvgIpc) is 2.29. The molecule has 1 aromatic carbocycles. The fourth-order valence-electron chi connectivity index (χ4n) is 0.869. The molecule has 1 rings (SSSR count). The van der Waals surface area contributed by atoms with Crippen LogP contribution in [-0.2, 0) is 20.2 Å². The first-order valence-corrected chi connectivity index (χ1v) is 7.99. The summed E-state index contributed by atoms with van der Waals surface area (Å²) in [6.45, 7) is 0. The molecule has 1 aromatic rings. The van der Waals surface area contributed by atoms with E-state index in [-0.39, 0.29) is 35.5 Å². The van der Waals surface area contributed by atoms with Gasteiger partial charge in [-0.3, -0.25) is 0 Å². The SMILES string of the molecule is O=S(=O)(Oc1[c-]c(OS(=O)(=O)C(F)(F)F)c(Cl)cc1)C(F)(F)F.[Cl-].[Mg+2]. The van der Waals surface area contributed by atoms with Gasteiger partial charge in [0.15, 0.2) is 0 Å². The van der Waals surface area contributed by atoms with E-state index in [1.54, 1.807) is 0 Å². The summed E-state index contributed by atoms with van der Waals surface area (Å²) in [4.78, 5) is 0. The van der Waals surface area contributed by atoms with E-state index >= 15 is 0 Å². The summed E-state index contributed by atoms with van der Waals surface area (Å²) >= 11 is 5.30. The van der Waals surface area contributed by atoms with E-state index in [0.717, 1.165) is 0 Å². The van der Waals surface area contributed by atoms with Gasteiger partial charge in [0.2, 0.25) is 0 Å². The van der Waals surface area contributed by atoms with Gasteiger partial charge in [-0.25, -0.2) is 0 Å². The quantitative estimate of drug-likeness (QED) is 0.190. The van der Waals surface area contributed by atoms with Crippen LogP contribution in [0.1, 0.15) is 0 Å². The Morgan fingerprint density at radius 3 is 1.68 bits per heavy atom. The number of rotatable bonds is 4. The molecule has 0 aliphatic heterocycles. The first kappa shape index (κ1) is 26.9. The number of halogens is 8. The smallest absolute Gasteiger partial charge is 1.00 e. The molecule has 0 fully saturated rings. The van der Waals surface area contributed by atoms with Crippen molar-refractivity contribution in [3.8, 4) is 11.5 Å². The van der Waals surface area contributed by atoms with Crippen LogP contribution in [0.15, 0.2) is 12.1 Å². The molecule has 6 nitrogen and oxygen atoms in total. The van der Waals surface area contributed by atoms with Gasteiger partial charge < -0.3 is 20.8 Å². The van der Waals surface area contributed by atoms with Crippen molar-refractivity contribution in [3.05, 3.63) is 23.2 Å². The molecule has 140 valence electrons. The summed E-state index contributed by atoms with van der Waals surface area (Å²) in [5, 5.41) is -0.811. The molecule has 25 heavy (non-hydrogen) atoms.